The van der Waals surface area contributed by atoms with Gasteiger partial charge in [-0.05, 0) is 54.4 Å². The zero-order valence-electron chi connectivity index (χ0n) is 19.8. The number of benzene rings is 2. The van der Waals surface area contributed by atoms with Crippen molar-refractivity contribution in [3.8, 4) is 11.1 Å². The second-order valence-corrected chi connectivity index (χ2v) is 9.89. The Morgan fingerprint density at radius 2 is 1.60 bits per heavy atom. The van der Waals surface area contributed by atoms with Crippen LogP contribution in [0, 0.1) is 5.92 Å². The summed E-state index contributed by atoms with van der Waals surface area (Å²) in [6.07, 6.45) is 4.28. The number of carbonyl (C=O) groups excluding carboxylic acids is 2. The SMILES string of the molecule is O=C(O)C[C@H]1CCCCN1C(=O)[C@@H]1CCC[C@@H]1NC(=O)OCC1c2ccccc2-c2ccccc21. The largest absolute Gasteiger partial charge is 0.481 e. The number of hydrogen-bond donors (Lipinski definition) is 2. The van der Waals surface area contributed by atoms with Gasteiger partial charge in [0.15, 0.2) is 0 Å². The van der Waals surface area contributed by atoms with Crippen molar-refractivity contribution in [1.29, 1.82) is 0 Å². The summed E-state index contributed by atoms with van der Waals surface area (Å²) in [6.45, 7) is 0.822. The van der Waals surface area contributed by atoms with Gasteiger partial charge in [-0.2, -0.15) is 0 Å². The minimum atomic E-state index is -0.880. The van der Waals surface area contributed by atoms with Crippen LogP contribution in [0.2, 0.25) is 0 Å². The predicted octanol–water partition coefficient (Wildman–Crippen LogP) is 4.55. The first-order valence-electron chi connectivity index (χ1n) is 12.7. The molecule has 0 spiro atoms. The molecule has 1 heterocycles. The summed E-state index contributed by atoms with van der Waals surface area (Å²) in [5.41, 5.74) is 4.67. The molecule has 0 unspecified atom stereocenters. The Hall–Kier alpha value is -3.35. The topological polar surface area (TPSA) is 95.9 Å². The number of alkyl carbamates (subject to hydrolysis) is 1. The summed E-state index contributed by atoms with van der Waals surface area (Å²) in [6, 6.07) is 15.9. The first-order chi connectivity index (χ1) is 17.0. The molecule has 7 nitrogen and oxygen atoms in total. The van der Waals surface area contributed by atoms with Gasteiger partial charge in [0.05, 0.1) is 12.3 Å². The van der Waals surface area contributed by atoms with Crippen molar-refractivity contribution >= 4 is 18.0 Å². The lowest BCUT2D eigenvalue weighted by atomic mass is 9.95. The second kappa shape index (κ2) is 10.1. The van der Waals surface area contributed by atoms with E-state index >= 15 is 0 Å². The van der Waals surface area contributed by atoms with Gasteiger partial charge in [0, 0.05) is 24.5 Å². The van der Waals surface area contributed by atoms with E-state index in [2.05, 4.69) is 29.6 Å². The van der Waals surface area contributed by atoms with Crippen LogP contribution in [0.25, 0.3) is 11.1 Å². The molecule has 0 bridgehead atoms. The van der Waals surface area contributed by atoms with Crippen LogP contribution in [0.3, 0.4) is 0 Å². The Balaban J connectivity index is 1.22. The molecule has 0 radical (unpaired) electrons. The molecule has 2 fully saturated rings. The van der Waals surface area contributed by atoms with Crippen molar-refractivity contribution in [3.63, 3.8) is 0 Å². The summed E-state index contributed by atoms with van der Waals surface area (Å²) in [4.78, 5) is 39.2. The van der Waals surface area contributed by atoms with Crippen LogP contribution in [0.4, 0.5) is 4.79 Å². The molecule has 1 saturated carbocycles. The van der Waals surface area contributed by atoms with Crippen LogP contribution < -0.4 is 5.32 Å². The van der Waals surface area contributed by atoms with E-state index in [1.54, 1.807) is 4.90 Å². The second-order valence-electron chi connectivity index (χ2n) is 9.89. The maximum Gasteiger partial charge on any atom is 0.407 e. The van der Waals surface area contributed by atoms with E-state index in [0.29, 0.717) is 13.0 Å². The summed E-state index contributed by atoms with van der Waals surface area (Å²) in [5, 5.41) is 12.2. The fraction of sp³-hybridized carbons (Fsp3) is 0.464. The van der Waals surface area contributed by atoms with Gasteiger partial charge in [-0.15, -0.1) is 0 Å². The van der Waals surface area contributed by atoms with Gasteiger partial charge < -0.3 is 20.1 Å². The number of aliphatic carboxylic acids is 1. The number of amides is 2. The zero-order chi connectivity index (χ0) is 24.4. The molecular formula is C28H32N2O5. The van der Waals surface area contributed by atoms with Gasteiger partial charge in [-0.1, -0.05) is 55.0 Å². The van der Waals surface area contributed by atoms with Crippen LogP contribution in [-0.4, -0.2) is 53.2 Å². The molecule has 2 aromatic carbocycles. The summed E-state index contributed by atoms with van der Waals surface area (Å²) < 4.78 is 5.70. The van der Waals surface area contributed by atoms with Crippen LogP contribution >= 0.6 is 0 Å². The van der Waals surface area contributed by atoms with Crippen molar-refractivity contribution in [2.75, 3.05) is 13.2 Å². The molecule has 1 aliphatic heterocycles. The summed E-state index contributed by atoms with van der Waals surface area (Å²) in [7, 11) is 0. The molecule has 5 rings (SSSR count). The highest BCUT2D eigenvalue weighted by Crippen LogP contribution is 2.44. The Bertz CT molecular complexity index is 1070. The van der Waals surface area contributed by atoms with Gasteiger partial charge in [0.25, 0.3) is 0 Å². The number of piperidine rings is 1. The highest BCUT2D eigenvalue weighted by Gasteiger charge is 2.40. The Morgan fingerprint density at radius 1 is 0.914 bits per heavy atom. The molecule has 3 aliphatic rings. The molecule has 35 heavy (non-hydrogen) atoms. The Labute approximate surface area is 205 Å². The predicted molar refractivity (Wildman–Crippen MR) is 131 cm³/mol. The van der Waals surface area contributed by atoms with Crippen molar-refractivity contribution < 1.29 is 24.2 Å². The lowest BCUT2D eigenvalue weighted by Crippen LogP contribution is -2.51. The van der Waals surface area contributed by atoms with E-state index in [9.17, 15) is 19.5 Å². The third-order valence-electron chi connectivity index (χ3n) is 7.80. The zero-order valence-corrected chi connectivity index (χ0v) is 19.8. The first kappa shape index (κ1) is 23.4. The number of likely N-dealkylation sites (tertiary alicyclic amines) is 1. The Morgan fingerprint density at radius 3 is 2.29 bits per heavy atom. The fourth-order valence-electron chi connectivity index (χ4n) is 6.14. The van der Waals surface area contributed by atoms with Crippen LogP contribution in [0.5, 0.6) is 0 Å². The van der Waals surface area contributed by atoms with E-state index in [0.717, 1.165) is 43.2 Å². The molecule has 0 aromatic heterocycles. The third kappa shape index (κ3) is 4.77. The van der Waals surface area contributed by atoms with Gasteiger partial charge in [-0.3, -0.25) is 9.59 Å². The van der Waals surface area contributed by atoms with Gasteiger partial charge in [0.1, 0.15) is 6.61 Å². The van der Waals surface area contributed by atoms with Crippen LogP contribution in [0.15, 0.2) is 48.5 Å². The third-order valence-corrected chi connectivity index (χ3v) is 7.80. The smallest absolute Gasteiger partial charge is 0.407 e. The maximum absolute atomic E-state index is 13.4. The minimum absolute atomic E-state index is 0.0146. The molecule has 7 heteroatoms. The van der Waals surface area contributed by atoms with Crippen molar-refractivity contribution in [2.24, 2.45) is 5.92 Å². The van der Waals surface area contributed by atoms with E-state index in [-0.39, 0.29) is 42.9 Å². The molecule has 3 atom stereocenters. The molecule has 2 aromatic rings. The summed E-state index contributed by atoms with van der Waals surface area (Å²) >= 11 is 0. The summed E-state index contributed by atoms with van der Waals surface area (Å²) in [5.74, 6) is -1.25. The molecule has 2 amide bonds. The van der Waals surface area contributed by atoms with Crippen molar-refractivity contribution in [2.45, 2.75) is 62.9 Å². The first-order valence-corrected chi connectivity index (χ1v) is 12.7. The average Bonchev–Trinajstić information content (AvgIpc) is 3.45. The minimum Gasteiger partial charge on any atom is -0.481 e. The number of rotatable bonds is 6. The van der Waals surface area contributed by atoms with Crippen LogP contribution in [0.1, 0.15) is 62.0 Å². The Kier molecular flexibility index (Phi) is 6.75. The highest BCUT2D eigenvalue weighted by molar-refractivity contribution is 5.82. The van der Waals surface area contributed by atoms with Gasteiger partial charge in [-0.25, -0.2) is 4.79 Å². The number of nitrogens with one attached hydrogen (secondary N) is 1. The van der Waals surface area contributed by atoms with E-state index in [1.165, 1.54) is 11.1 Å². The van der Waals surface area contributed by atoms with E-state index in [1.807, 2.05) is 24.3 Å². The number of fused-ring (bicyclic) bond motifs is 3. The quantitative estimate of drug-likeness (QED) is 0.638. The lowest BCUT2D eigenvalue weighted by Gasteiger charge is -2.37. The molecule has 1 saturated heterocycles. The lowest BCUT2D eigenvalue weighted by molar-refractivity contribution is -0.144. The van der Waals surface area contributed by atoms with Crippen molar-refractivity contribution in [3.05, 3.63) is 59.7 Å². The number of ether oxygens (including phenoxy) is 1. The molecule has 184 valence electrons. The molecule has 2 N–H and O–H groups in total. The normalized spacial score (nSPS) is 23.4. The number of carboxylic acid groups (broad SMARTS) is 1. The standard InChI is InChI=1S/C28H32N2O5/c31-26(32)16-18-8-5-6-15-30(18)27(33)23-13-7-14-25(23)29-28(34)35-17-24-21-11-3-1-9-19(21)20-10-2-4-12-22(20)24/h1-4,9-12,18,23-25H,5-8,13-17H2,(H,29,34)(H,31,32)/t18-,23-,25+/m1/s1. The number of carbonyl (C=O) groups is 3. The number of hydrogen-bond acceptors (Lipinski definition) is 4. The molecule has 2 aliphatic carbocycles. The fourth-order valence-corrected chi connectivity index (χ4v) is 6.14. The van der Waals surface area contributed by atoms with Gasteiger partial charge in [0.2, 0.25) is 5.91 Å². The highest BCUT2D eigenvalue weighted by atomic mass is 16.5. The molecular weight excluding hydrogens is 444 g/mol. The average molecular weight is 477 g/mol. The number of carboxylic acids is 1. The maximum atomic E-state index is 13.4. The monoisotopic (exact) mass is 476 g/mol. The van der Waals surface area contributed by atoms with Crippen molar-refractivity contribution in [1.82, 2.24) is 10.2 Å². The van der Waals surface area contributed by atoms with Gasteiger partial charge >= 0.3 is 12.1 Å². The van der Waals surface area contributed by atoms with E-state index < -0.39 is 12.1 Å². The van der Waals surface area contributed by atoms with Crippen LogP contribution in [-0.2, 0) is 14.3 Å². The number of nitrogens with zero attached hydrogens (tertiary/aromatic N) is 1. The van der Waals surface area contributed by atoms with E-state index in [4.69, 9.17) is 4.74 Å².